The van der Waals surface area contributed by atoms with Crippen LogP contribution in [-0.2, 0) is 4.79 Å². The van der Waals surface area contributed by atoms with E-state index in [0.29, 0.717) is 28.7 Å². The average Bonchev–Trinajstić information content (AvgIpc) is 2.97. The molecular weight excluding hydrogens is 352 g/mol. The number of aromatic hydroxyl groups is 2. The first kappa shape index (κ1) is 17.0. The van der Waals surface area contributed by atoms with Crippen molar-refractivity contribution in [1.29, 1.82) is 0 Å². The number of carbonyl (C=O) groups is 1. The lowest BCUT2D eigenvalue weighted by atomic mass is 9.73. The summed E-state index contributed by atoms with van der Waals surface area (Å²) in [5, 5.41) is 28.0. The fourth-order valence-corrected chi connectivity index (χ4v) is 4.04. The van der Waals surface area contributed by atoms with E-state index in [2.05, 4.69) is 29.2 Å². The van der Waals surface area contributed by atoms with E-state index in [9.17, 15) is 15.0 Å². The minimum atomic E-state index is -0.482. The monoisotopic (exact) mass is 372 g/mol. The molecule has 0 radical (unpaired) electrons. The van der Waals surface area contributed by atoms with Gasteiger partial charge in [-0.15, -0.1) is 5.10 Å². The maximum atomic E-state index is 13.0. The molecule has 1 unspecified atom stereocenters. The quantitative estimate of drug-likeness (QED) is 0.550. The number of rotatable bonds is 2. The SMILES string of the molecule is CSc1nc2n(n1)C(c1ccc(O)c(O)c1)C1=C(CC(C)(C)CC1=O)N2. The summed E-state index contributed by atoms with van der Waals surface area (Å²) < 4.78 is 1.69. The Hall–Kier alpha value is -2.48. The first-order valence-corrected chi connectivity index (χ1v) is 9.57. The third-order valence-electron chi connectivity index (χ3n) is 4.81. The van der Waals surface area contributed by atoms with Crippen molar-refractivity contribution in [3.63, 3.8) is 0 Å². The predicted molar refractivity (Wildman–Crippen MR) is 98.4 cm³/mol. The van der Waals surface area contributed by atoms with Gasteiger partial charge in [-0.25, -0.2) is 4.68 Å². The van der Waals surface area contributed by atoms with Gasteiger partial charge in [-0.1, -0.05) is 31.7 Å². The van der Waals surface area contributed by atoms with Crippen LogP contribution in [0.25, 0.3) is 0 Å². The number of hydrogen-bond acceptors (Lipinski definition) is 7. The molecule has 1 aliphatic heterocycles. The highest BCUT2D eigenvalue weighted by Gasteiger charge is 2.42. The minimum Gasteiger partial charge on any atom is -0.504 e. The standard InChI is InChI=1S/C18H20N4O3S/c1-18(2)7-10-14(13(25)8-18)15(9-4-5-11(23)12(24)6-9)22-16(19-10)20-17(21-22)26-3/h4-6,15,23-24H,7-8H2,1-3H3,(H,19,20,21). The van der Waals surface area contributed by atoms with Gasteiger partial charge in [0.2, 0.25) is 11.1 Å². The Morgan fingerprint density at radius 1 is 1.27 bits per heavy atom. The van der Waals surface area contributed by atoms with Crippen LogP contribution >= 0.6 is 11.8 Å². The second-order valence-corrected chi connectivity index (χ2v) is 8.25. The number of allylic oxidation sites excluding steroid dienone is 2. The molecule has 4 rings (SSSR count). The maximum Gasteiger partial charge on any atom is 0.227 e. The Kier molecular flexibility index (Phi) is 3.76. The van der Waals surface area contributed by atoms with E-state index in [1.165, 1.54) is 23.9 Å². The molecule has 1 aromatic heterocycles. The van der Waals surface area contributed by atoms with E-state index < -0.39 is 6.04 Å². The zero-order valence-electron chi connectivity index (χ0n) is 14.8. The van der Waals surface area contributed by atoms with Gasteiger partial charge in [0.05, 0.1) is 0 Å². The summed E-state index contributed by atoms with van der Waals surface area (Å²) in [5.41, 5.74) is 2.06. The van der Waals surface area contributed by atoms with Crippen molar-refractivity contribution in [3.8, 4) is 11.5 Å². The first-order chi connectivity index (χ1) is 12.3. The second kappa shape index (κ2) is 5.77. The molecule has 1 aliphatic carbocycles. The molecule has 0 saturated heterocycles. The summed E-state index contributed by atoms with van der Waals surface area (Å²) in [4.78, 5) is 17.5. The van der Waals surface area contributed by atoms with Crippen molar-refractivity contribution in [2.24, 2.45) is 5.41 Å². The van der Waals surface area contributed by atoms with Gasteiger partial charge in [-0.05, 0) is 35.8 Å². The normalized spacial score (nSPS) is 21.2. The fraction of sp³-hybridized carbons (Fsp3) is 0.389. The number of aromatic nitrogens is 3. The molecule has 1 atom stereocenters. The molecule has 0 bridgehead atoms. The zero-order chi connectivity index (χ0) is 18.6. The van der Waals surface area contributed by atoms with Crippen LogP contribution in [0.2, 0.25) is 0 Å². The van der Waals surface area contributed by atoms with Gasteiger partial charge in [0, 0.05) is 17.7 Å². The van der Waals surface area contributed by atoms with Crippen molar-refractivity contribution < 1.29 is 15.0 Å². The van der Waals surface area contributed by atoms with Crippen LogP contribution in [0.5, 0.6) is 11.5 Å². The van der Waals surface area contributed by atoms with Crippen LogP contribution in [0.1, 0.15) is 38.3 Å². The molecule has 26 heavy (non-hydrogen) atoms. The van der Waals surface area contributed by atoms with Crippen molar-refractivity contribution in [3.05, 3.63) is 35.0 Å². The highest BCUT2D eigenvalue weighted by atomic mass is 32.2. The van der Waals surface area contributed by atoms with E-state index in [4.69, 9.17) is 0 Å². The van der Waals surface area contributed by atoms with Crippen LogP contribution in [0.3, 0.4) is 0 Å². The third kappa shape index (κ3) is 2.65. The number of Topliss-reactive ketones (excluding diaryl/α,β-unsaturated/α-hetero) is 1. The lowest BCUT2D eigenvalue weighted by molar-refractivity contribution is -0.118. The molecule has 0 spiro atoms. The first-order valence-electron chi connectivity index (χ1n) is 8.35. The summed E-state index contributed by atoms with van der Waals surface area (Å²) in [6, 6.07) is 4.13. The molecule has 2 aromatic rings. The fourth-order valence-electron chi connectivity index (χ4n) is 3.69. The smallest absolute Gasteiger partial charge is 0.227 e. The number of fused-ring (bicyclic) bond motifs is 1. The highest BCUT2D eigenvalue weighted by Crippen LogP contribution is 2.46. The number of phenols is 2. The van der Waals surface area contributed by atoms with Crippen LogP contribution in [-0.4, -0.2) is 37.0 Å². The maximum absolute atomic E-state index is 13.0. The summed E-state index contributed by atoms with van der Waals surface area (Å²) in [6.07, 6.45) is 3.08. The second-order valence-electron chi connectivity index (χ2n) is 7.48. The molecule has 2 aliphatic rings. The third-order valence-corrected chi connectivity index (χ3v) is 5.35. The molecule has 8 heteroatoms. The molecule has 7 nitrogen and oxygen atoms in total. The molecule has 3 N–H and O–H groups in total. The van der Waals surface area contributed by atoms with E-state index in [-0.39, 0.29) is 22.7 Å². The number of benzene rings is 1. The van der Waals surface area contributed by atoms with Crippen molar-refractivity contribution in [1.82, 2.24) is 14.8 Å². The summed E-state index contributed by atoms with van der Waals surface area (Å²) in [6.45, 7) is 4.15. The summed E-state index contributed by atoms with van der Waals surface area (Å²) >= 11 is 1.42. The zero-order valence-corrected chi connectivity index (χ0v) is 15.6. The van der Waals surface area contributed by atoms with Crippen LogP contribution in [0, 0.1) is 5.41 Å². The van der Waals surface area contributed by atoms with E-state index in [1.54, 1.807) is 10.7 Å². The molecule has 0 amide bonds. The average molecular weight is 372 g/mol. The number of phenolic OH excluding ortho intramolecular Hbond substituents is 2. The lowest BCUT2D eigenvalue weighted by Gasteiger charge is -2.38. The Morgan fingerprint density at radius 2 is 2.04 bits per heavy atom. The predicted octanol–water partition coefficient (Wildman–Crippen LogP) is 3.07. The van der Waals surface area contributed by atoms with Gasteiger partial charge in [-0.2, -0.15) is 4.98 Å². The van der Waals surface area contributed by atoms with E-state index >= 15 is 0 Å². The number of nitrogens with one attached hydrogen (secondary N) is 1. The number of anilines is 1. The largest absolute Gasteiger partial charge is 0.504 e. The van der Waals surface area contributed by atoms with Crippen LogP contribution in [0.4, 0.5) is 5.95 Å². The molecule has 0 saturated carbocycles. The van der Waals surface area contributed by atoms with Crippen molar-refractivity contribution in [2.45, 2.75) is 37.9 Å². The molecule has 1 aromatic carbocycles. The Balaban J connectivity index is 1.92. The molecule has 2 heterocycles. The lowest BCUT2D eigenvalue weighted by Crippen LogP contribution is -2.36. The van der Waals surface area contributed by atoms with Crippen LogP contribution in [0.15, 0.2) is 34.6 Å². The molecule has 0 fully saturated rings. The van der Waals surface area contributed by atoms with Crippen molar-refractivity contribution >= 4 is 23.5 Å². The van der Waals surface area contributed by atoms with Gasteiger partial charge in [-0.3, -0.25) is 4.79 Å². The number of thioether (sulfide) groups is 1. The van der Waals surface area contributed by atoms with Gasteiger partial charge >= 0.3 is 0 Å². The Morgan fingerprint density at radius 3 is 2.73 bits per heavy atom. The topological polar surface area (TPSA) is 100 Å². The number of ketones is 1. The highest BCUT2D eigenvalue weighted by molar-refractivity contribution is 7.98. The number of hydrogen-bond donors (Lipinski definition) is 3. The van der Waals surface area contributed by atoms with Gasteiger partial charge in [0.25, 0.3) is 0 Å². The van der Waals surface area contributed by atoms with E-state index in [1.807, 2.05) is 6.26 Å². The minimum absolute atomic E-state index is 0.0631. The van der Waals surface area contributed by atoms with Gasteiger partial charge in [0.15, 0.2) is 17.3 Å². The van der Waals surface area contributed by atoms with Crippen LogP contribution < -0.4 is 5.32 Å². The Labute approximate surface area is 155 Å². The summed E-state index contributed by atoms with van der Waals surface area (Å²) in [5.74, 6) is 0.222. The van der Waals surface area contributed by atoms with E-state index in [0.717, 1.165) is 12.1 Å². The molecular formula is C18H20N4O3S. The molecule has 136 valence electrons. The van der Waals surface area contributed by atoms with Gasteiger partial charge < -0.3 is 15.5 Å². The number of nitrogens with zero attached hydrogens (tertiary/aromatic N) is 3. The number of carbonyl (C=O) groups excluding carboxylic acids is 1. The Bertz CT molecular complexity index is 948. The summed E-state index contributed by atoms with van der Waals surface area (Å²) in [7, 11) is 0. The van der Waals surface area contributed by atoms with Gasteiger partial charge in [0.1, 0.15) is 6.04 Å². The van der Waals surface area contributed by atoms with Crippen molar-refractivity contribution in [2.75, 3.05) is 11.6 Å².